The topological polar surface area (TPSA) is 70.7 Å². The van der Waals surface area contributed by atoms with E-state index in [0.717, 1.165) is 32.3 Å². The van der Waals surface area contributed by atoms with Crippen molar-refractivity contribution in [3.8, 4) is 0 Å². The van der Waals surface area contributed by atoms with Gasteiger partial charge in [-0.15, -0.1) is 0 Å². The average molecular weight is 323 g/mol. The molecule has 6 heteroatoms. The van der Waals surface area contributed by atoms with Gasteiger partial charge in [-0.3, -0.25) is 4.79 Å². The molecular formula is C17H29N3O3. The van der Waals surface area contributed by atoms with Crippen LogP contribution in [0.3, 0.4) is 0 Å². The molecule has 3 amide bonds. The monoisotopic (exact) mass is 323 g/mol. The zero-order valence-corrected chi connectivity index (χ0v) is 14.1. The fourth-order valence-corrected chi connectivity index (χ4v) is 4.51. The van der Waals surface area contributed by atoms with E-state index in [1.54, 1.807) is 4.90 Å². The maximum atomic E-state index is 12.4. The minimum absolute atomic E-state index is 0.0352. The fourth-order valence-electron chi connectivity index (χ4n) is 4.51. The van der Waals surface area contributed by atoms with Crippen LogP contribution in [0.4, 0.5) is 4.79 Å². The van der Waals surface area contributed by atoms with E-state index in [0.29, 0.717) is 13.1 Å². The summed E-state index contributed by atoms with van der Waals surface area (Å²) in [5.74, 6) is -0.0352. The van der Waals surface area contributed by atoms with Gasteiger partial charge in [-0.2, -0.15) is 0 Å². The van der Waals surface area contributed by atoms with Crippen molar-refractivity contribution in [2.75, 3.05) is 26.2 Å². The van der Waals surface area contributed by atoms with Crippen LogP contribution < -0.4 is 10.6 Å². The minimum Gasteiger partial charge on any atom is -0.378 e. The molecule has 0 aromatic heterocycles. The van der Waals surface area contributed by atoms with Crippen LogP contribution in [-0.4, -0.2) is 55.2 Å². The Hall–Kier alpha value is -1.30. The zero-order valence-electron chi connectivity index (χ0n) is 14.1. The predicted molar refractivity (Wildman–Crippen MR) is 87.1 cm³/mol. The summed E-state index contributed by atoms with van der Waals surface area (Å²) in [5, 5.41) is 5.98. The van der Waals surface area contributed by atoms with Gasteiger partial charge in [0.1, 0.15) is 6.54 Å². The Morgan fingerprint density at radius 1 is 1.35 bits per heavy atom. The van der Waals surface area contributed by atoms with Crippen molar-refractivity contribution in [1.29, 1.82) is 0 Å². The summed E-state index contributed by atoms with van der Waals surface area (Å²) in [6.07, 6.45) is 8.13. The third kappa shape index (κ3) is 3.32. The van der Waals surface area contributed by atoms with Crippen LogP contribution in [0.5, 0.6) is 0 Å². The standard InChI is InChI=1S/C17H29N3O3/c1-2-23-14-11-13(17(14)7-4-3-5-8-17)19-15(21)12-20-10-6-9-18-16(20)22/h13-14H,2-12H2,1H3,(H,18,22)(H,19,21)/t13-,14+/m1/s1. The minimum atomic E-state index is -0.125. The Kier molecular flexibility index (Phi) is 5.09. The Balaban J connectivity index is 1.56. The molecule has 0 unspecified atom stereocenters. The number of amides is 3. The fraction of sp³-hybridized carbons (Fsp3) is 0.882. The van der Waals surface area contributed by atoms with E-state index in [9.17, 15) is 9.59 Å². The number of ether oxygens (including phenoxy) is 1. The molecule has 2 atom stereocenters. The van der Waals surface area contributed by atoms with Gasteiger partial charge in [0.05, 0.1) is 6.10 Å². The van der Waals surface area contributed by atoms with Crippen molar-refractivity contribution in [3.05, 3.63) is 0 Å². The van der Waals surface area contributed by atoms with E-state index in [1.165, 1.54) is 19.3 Å². The Labute approximate surface area is 138 Å². The second-order valence-electron chi connectivity index (χ2n) is 7.10. The van der Waals surface area contributed by atoms with Crippen molar-refractivity contribution < 1.29 is 14.3 Å². The normalized spacial score (nSPS) is 29.8. The molecule has 130 valence electrons. The lowest BCUT2D eigenvalue weighted by atomic mass is 9.55. The van der Waals surface area contributed by atoms with Crippen LogP contribution >= 0.6 is 0 Å². The summed E-state index contributed by atoms with van der Waals surface area (Å²) in [7, 11) is 0. The van der Waals surface area contributed by atoms with Crippen LogP contribution in [0.1, 0.15) is 51.9 Å². The van der Waals surface area contributed by atoms with Crippen molar-refractivity contribution >= 4 is 11.9 Å². The number of hydrogen-bond donors (Lipinski definition) is 2. The molecule has 0 aromatic carbocycles. The van der Waals surface area contributed by atoms with E-state index < -0.39 is 0 Å². The number of carbonyl (C=O) groups is 2. The first-order valence-corrected chi connectivity index (χ1v) is 9.09. The third-order valence-corrected chi connectivity index (χ3v) is 5.78. The van der Waals surface area contributed by atoms with Gasteiger partial charge in [0.2, 0.25) is 5.91 Å². The lowest BCUT2D eigenvalue weighted by Crippen LogP contribution is -2.66. The molecule has 2 saturated carbocycles. The van der Waals surface area contributed by atoms with Crippen LogP contribution in [0.15, 0.2) is 0 Å². The van der Waals surface area contributed by atoms with Crippen molar-refractivity contribution in [3.63, 3.8) is 0 Å². The molecule has 3 rings (SSSR count). The highest BCUT2D eigenvalue weighted by molar-refractivity contribution is 5.84. The van der Waals surface area contributed by atoms with Crippen molar-refractivity contribution in [2.24, 2.45) is 5.41 Å². The van der Waals surface area contributed by atoms with E-state index >= 15 is 0 Å². The molecule has 3 fully saturated rings. The number of nitrogens with zero attached hydrogens (tertiary/aromatic N) is 1. The third-order valence-electron chi connectivity index (χ3n) is 5.78. The smallest absolute Gasteiger partial charge is 0.317 e. The van der Waals surface area contributed by atoms with Gasteiger partial charge in [0, 0.05) is 31.2 Å². The molecule has 6 nitrogen and oxygen atoms in total. The lowest BCUT2D eigenvalue weighted by Gasteiger charge is -2.57. The summed E-state index contributed by atoms with van der Waals surface area (Å²) < 4.78 is 5.92. The van der Waals surface area contributed by atoms with Gasteiger partial charge in [-0.05, 0) is 32.6 Å². The predicted octanol–water partition coefficient (Wildman–Crippen LogP) is 1.65. The number of carbonyl (C=O) groups excluding carboxylic acids is 2. The Morgan fingerprint density at radius 3 is 2.83 bits per heavy atom. The first-order valence-electron chi connectivity index (χ1n) is 9.09. The first kappa shape index (κ1) is 16.6. The average Bonchev–Trinajstić information content (AvgIpc) is 2.57. The highest BCUT2D eigenvalue weighted by Gasteiger charge is 2.56. The van der Waals surface area contributed by atoms with E-state index in [-0.39, 0.29) is 36.0 Å². The molecule has 23 heavy (non-hydrogen) atoms. The van der Waals surface area contributed by atoms with Crippen molar-refractivity contribution in [1.82, 2.24) is 15.5 Å². The maximum Gasteiger partial charge on any atom is 0.317 e. The lowest BCUT2D eigenvalue weighted by molar-refractivity contribution is -0.157. The maximum absolute atomic E-state index is 12.4. The first-order chi connectivity index (χ1) is 11.2. The quantitative estimate of drug-likeness (QED) is 0.808. The second kappa shape index (κ2) is 7.07. The van der Waals surface area contributed by atoms with Crippen LogP contribution in [-0.2, 0) is 9.53 Å². The Bertz CT molecular complexity index is 448. The Morgan fingerprint density at radius 2 is 2.13 bits per heavy atom. The highest BCUT2D eigenvalue weighted by atomic mass is 16.5. The van der Waals surface area contributed by atoms with Gasteiger partial charge < -0.3 is 20.3 Å². The summed E-state index contributed by atoms with van der Waals surface area (Å²) in [6.45, 7) is 4.31. The van der Waals surface area contributed by atoms with Gasteiger partial charge in [0.15, 0.2) is 0 Å². The van der Waals surface area contributed by atoms with E-state index in [1.807, 2.05) is 6.92 Å². The summed E-state index contributed by atoms with van der Waals surface area (Å²) in [4.78, 5) is 25.7. The van der Waals surface area contributed by atoms with Gasteiger partial charge in [-0.25, -0.2) is 4.79 Å². The molecular weight excluding hydrogens is 294 g/mol. The number of urea groups is 1. The SMILES string of the molecule is CCO[C@H]1C[C@@H](NC(=O)CN2CCCNC2=O)C12CCCCC2. The largest absolute Gasteiger partial charge is 0.378 e. The van der Waals surface area contributed by atoms with Crippen LogP contribution in [0.25, 0.3) is 0 Å². The zero-order chi connectivity index (χ0) is 16.3. The molecule has 1 aliphatic heterocycles. The van der Waals surface area contributed by atoms with Gasteiger partial charge >= 0.3 is 6.03 Å². The molecule has 0 aromatic rings. The summed E-state index contributed by atoms with van der Waals surface area (Å²) in [5.41, 5.74) is 0.133. The molecule has 1 saturated heterocycles. The second-order valence-corrected chi connectivity index (χ2v) is 7.10. The molecule has 1 heterocycles. The number of hydrogen-bond acceptors (Lipinski definition) is 3. The van der Waals surface area contributed by atoms with Gasteiger partial charge in [0.25, 0.3) is 0 Å². The van der Waals surface area contributed by atoms with E-state index in [4.69, 9.17) is 4.74 Å². The number of rotatable bonds is 5. The van der Waals surface area contributed by atoms with Gasteiger partial charge in [-0.1, -0.05) is 19.3 Å². The molecule has 0 radical (unpaired) electrons. The molecule has 2 N–H and O–H groups in total. The van der Waals surface area contributed by atoms with Crippen LogP contribution in [0, 0.1) is 5.41 Å². The summed E-state index contributed by atoms with van der Waals surface area (Å²) >= 11 is 0. The molecule has 0 bridgehead atoms. The summed E-state index contributed by atoms with van der Waals surface area (Å²) in [6, 6.07) is 0.0827. The molecule has 1 spiro atoms. The molecule has 2 aliphatic carbocycles. The highest BCUT2D eigenvalue weighted by Crippen LogP contribution is 2.53. The number of nitrogens with one attached hydrogen (secondary N) is 2. The van der Waals surface area contributed by atoms with Crippen molar-refractivity contribution in [2.45, 2.75) is 64.0 Å². The van der Waals surface area contributed by atoms with E-state index in [2.05, 4.69) is 10.6 Å². The molecule has 3 aliphatic rings. The van der Waals surface area contributed by atoms with Crippen LogP contribution in [0.2, 0.25) is 0 Å².